The molecule has 29 heavy (non-hydrogen) atoms. The molecule has 1 heterocycles. The lowest BCUT2D eigenvalue weighted by atomic mass is 10.0. The molecule has 2 N–H and O–H groups in total. The number of guanidine groups is 1. The van der Waals surface area contributed by atoms with E-state index in [1.54, 1.807) is 7.05 Å². The highest BCUT2D eigenvalue weighted by Crippen LogP contribution is 2.23. The first kappa shape index (κ1) is 21.5. The number of piperidine rings is 1. The van der Waals surface area contributed by atoms with Crippen LogP contribution in [-0.2, 0) is 10.8 Å². The topological polar surface area (TPSA) is 56.7 Å². The maximum Gasteiger partial charge on any atom is 0.191 e. The van der Waals surface area contributed by atoms with Crippen LogP contribution < -0.4 is 10.6 Å². The summed E-state index contributed by atoms with van der Waals surface area (Å²) in [7, 11) is 0.799. The SMILES string of the molecule is CN=C(NCCS(=O)c1ccccc1)NC1CCN(C(C)c2ccccc2)CC1. The van der Waals surface area contributed by atoms with Gasteiger partial charge in [-0.25, -0.2) is 0 Å². The zero-order valence-corrected chi connectivity index (χ0v) is 18.2. The third-order valence-corrected chi connectivity index (χ3v) is 6.88. The van der Waals surface area contributed by atoms with Gasteiger partial charge < -0.3 is 10.6 Å². The van der Waals surface area contributed by atoms with E-state index in [0.717, 1.165) is 36.8 Å². The van der Waals surface area contributed by atoms with Crippen molar-refractivity contribution in [1.82, 2.24) is 15.5 Å². The van der Waals surface area contributed by atoms with E-state index in [4.69, 9.17) is 0 Å². The van der Waals surface area contributed by atoms with E-state index in [1.165, 1.54) is 5.56 Å². The van der Waals surface area contributed by atoms with Crippen LogP contribution in [0.1, 0.15) is 31.4 Å². The van der Waals surface area contributed by atoms with Crippen molar-refractivity contribution in [2.24, 2.45) is 4.99 Å². The van der Waals surface area contributed by atoms with Crippen LogP contribution in [0.15, 0.2) is 70.6 Å². The molecule has 0 aliphatic carbocycles. The number of hydrogen-bond donors (Lipinski definition) is 2. The number of nitrogens with one attached hydrogen (secondary N) is 2. The number of likely N-dealkylation sites (tertiary alicyclic amines) is 1. The second-order valence-corrected chi connectivity index (χ2v) is 8.97. The predicted molar refractivity (Wildman–Crippen MR) is 122 cm³/mol. The maximum absolute atomic E-state index is 12.3. The van der Waals surface area contributed by atoms with E-state index < -0.39 is 10.8 Å². The Morgan fingerprint density at radius 1 is 1.10 bits per heavy atom. The first-order valence-electron chi connectivity index (χ1n) is 10.4. The van der Waals surface area contributed by atoms with Gasteiger partial charge in [0.1, 0.15) is 0 Å². The summed E-state index contributed by atoms with van der Waals surface area (Å²) in [6.45, 7) is 5.06. The Morgan fingerprint density at radius 3 is 2.34 bits per heavy atom. The molecule has 1 fully saturated rings. The molecule has 2 atom stereocenters. The number of aliphatic imine (C=N–C) groups is 1. The summed E-state index contributed by atoms with van der Waals surface area (Å²) >= 11 is 0. The van der Waals surface area contributed by atoms with Crippen molar-refractivity contribution in [3.8, 4) is 0 Å². The minimum absolute atomic E-state index is 0.417. The zero-order chi connectivity index (χ0) is 20.5. The van der Waals surface area contributed by atoms with Gasteiger partial charge in [0.15, 0.2) is 5.96 Å². The molecular formula is C23H32N4OS. The first-order valence-corrected chi connectivity index (χ1v) is 11.7. The average molecular weight is 413 g/mol. The summed E-state index contributed by atoms with van der Waals surface area (Å²) in [6, 6.07) is 21.2. The van der Waals surface area contributed by atoms with Gasteiger partial charge in [0.2, 0.25) is 0 Å². The van der Waals surface area contributed by atoms with Crippen molar-refractivity contribution in [1.29, 1.82) is 0 Å². The molecule has 6 heteroatoms. The molecule has 156 valence electrons. The van der Waals surface area contributed by atoms with Crippen molar-refractivity contribution in [3.05, 3.63) is 66.2 Å². The van der Waals surface area contributed by atoms with Crippen LogP contribution in [0.5, 0.6) is 0 Å². The summed E-state index contributed by atoms with van der Waals surface area (Å²) in [5, 5.41) is 6.84. The fraction of sp³-hybridized carbons (Fsp3) is 0.435. The fourth-order valence-electron chi connectivity index (χ4n) is 3.71. The first-order chi connectivity index (χ1) is 14.2. The van der Waals surface area contributed by atoms with Crippen molar-refractivity contribution in [3.63, 3.8) is 0 Å². The zero-order valence-electron chi connectivity index (χ0n) is 17.4. The monoisotopic (exact) mass is 412 g/mol. The third kappa shape index (κ3) is 6.41. The second kappa shape index (κ2) is 11.1. The molecule has 2 unspecified atom stereocenters. The molecule has 0 radical (unpaired) electrons. The average Bonchev–Trinajstić information content (AvgIpc) is 2.79. The van der Waals surface area contributed by atoms with Crippen LogP contribution in [0.3, 0.4) is 0 Å². The summed E-state index contributed by atoms with van der Waals surface area (Å²) in [5.41, 5.74) is 1.38. The Morgan fingerprint density at radius 2 is 1.72 bits per heavy atom. The predicted octanol–water partition coefficient (Wildman–Crippen LogP) is 3.18. The van der Waals surface area contributed by atoms with Crippen molar-refractivity contribution < 1.29 is 4.21 Å². The van der Waals surface area contributed by atoms with Gasteiger partial charge in [0.25, 0.3) is 0 Å². The summed E-state index contributed by atoms with van der Waals surface area (Å²) < 4.78 is 12.3. The fourth-order valence-corrected chi connectivity index (χ4v) is 4.70. The molecule has 1 aliphatic heterocycles. The largest absolute Gasteiger partial charge is 0.355 e. The van der Waals surface area contributed by atoms with Gasteiger partial charge >= 0.3 is 0 Å². The molecular weight excluding hydrogens is 380 g/mol. The number of benzene rings is 2. The highest BCUT2D eigenvalue weighted by atomic mass is 32.2. The Bertz CT molecular complexity index is 789. The van der Waals surface area contributed by atoms with Gasteiger partial charge in [-0.15, -0.1) is 0 Å². The van der Waals surface area contributed by atoms with Crippen molar-refractivity contribution in [2.75, 3.05) is 32.4 Å². The Balaban J connectivity index is 1.40. The molecule has 0 bridgehead atoms. The van der Waals surface area contributed by atoms with E-state index >= 15 is 0 Å². The highest BCUT2D eigenvalue weighted by Gasteiger charge is 2.24. The normalized spacial score (nSPS) is 18.2. The van der Waals surface area contributed by atoms with E-state index in [0.29, 0.717) is 24.4 Å². The smallest absolute Gasteiger partial charge is 0.191 e. The van der Waals surface area contributed by atoms with Gasteiger partial charge in [0.05, 0.1) is 10.8 Å². The Kier molecular flexibility index (Phi) is 8.25. The van der Waals surface area contributed by atoms with Crippen molar-refractivity contribution >= 4 is 16.8 Å². The molecule has 0 saturated carbocycles. The van der Waals surface area contributed by atoms with Crippen LogP contribution >= 0.6 is 0 Å². The minimum atomic E-state index is -0.989. The lowest BCUT2D eigenvalue weighted by molar-refractivity contribution is 0.158. The van der Waals surface area contributed by atoms with Crippen LogP contribution in [0.2, 0.25) is 0 Å². The van der Waals surface area contributed by atoms with E-state index in [-0.39, 0.29) is 0 Å². The van der Waals surface area contributed by atoms with Crippen LogP contribution in [-0.4, -0.2) is 53.5 Å². The van der Waals surface area contributed by atoms with Crippen LogP contribution in [0.25, 0.3) is 0 Å². The summed E-state index contributed by atoms with van der Waals surface area (Å²) in [4.78, 5) is 7.76. The Hall–Kier alpha value is -2.18. The van der Waals surface area contributed by atoms with Gasteiger partial charge in [-0.3, -0.25) is 14.1 Å². The molecule has 5 nitrogen and oxygen atoms in total. The molecule has 2 aromatic carbocycles. The number of hydrogen-bond acceptors (Lipinski definition) is 3. The van der Waals surface area contributed by atoms with Gasteiger partial charge in [-0.05, 0) is 37.5 Å². The third-order valence-electron chi connectivity index (χ3n) is 5.51. The number of rotatable bonds is 7. The lowest BCUT2D eigenvalue weighted by Gasteiger charge is -2.37. The highest BCUT2D eigenvalue weighted by molar-refractivity contribution is 7.85. The van der Waals surface area contributed by atoms with E-state index in [9.17, 15) is 4.21 Å². The molecule has 0 amide bonds. The molecule has 2 aromatic rings. The molecule has 1 saturated heterocycles. The van der Waals surface area contributed by atoms with Crippen LogP contribution in [0.4, 0.5) is 0 Å². The molecule has 0 spiro atoms. The van der Waals surface area contributed by atoms with Gasteiger partial charge in [-0.1, -0.05) is 48.5 Å². The van der Waals surface area contributed by atoms with Crippen LogP contribution in [0, 0.1) is 0 Å². The maximum atomic E-state index is 12.3. The summed E-state index contributed by atoms with van der Waals surface area (Å²) in [6.07, 6.45) is 2.18. The van der Waals surface area contributed by atoms with E-state index in [1.807, 2.05) is 30.3 Å². The molecule has 3 rings (SSSR count). The standard InChI is InChI=1S/C23H32N4OS/c1-19(20-9-5-3-6-10-20)27-16-13-21(14-17-27)26-23(24-2)25-15-18-29(28)22-11-7-4-8-12-22/h3-12,19,21H,13-18H2,1-2H3,(H2,24,25,26). The molecule has 1 aliphatic rings. The minimum Gasteiger partial charge on any atom is -0.355 e. The second-order valence-electron chi connectivity index (χ2n) is 7.40. The van der Waals surface area contributed by atoms with E-state index in [2.05, 4.69) is 57.8 Å². The quantitative estimate of drug-likeness (QED) is 0.542. The van der Waals surface area contributed by atoms with Gasteiger partial charge in [-0.2, -0.15) is 0 Å². The Labute approximate surface area is 177 Å². The molecule has 0 aromatic heterocycles. The summed E-state index contributed by atoms with van der Waals surface area (Å²) in [5.74, 6) is 1.36. The lowest BCUT2D eigenvalue weighted by Crippen LogP contribution is -2.49. The number of nitrogens with zero attached hydrogens (tertiary/aromatic N) is 2. The van der Waals surface area contributed by atoms with Crippen molar-refractivity contribution in [2.45, 2.75) is 36.7 Å². The van der Waals surface area contributed by atoms with Gasteiger partial charge in [0, 0.05) is 49.4 Å².